The van der Waals surface area contributed by atoms with Gasteiger partial charge in [-0.2, -0.15) is 0 Å². The highest BCUT2D eigenvalue weighted by molar-refractivity contribution is 6.23. The van der Waals surface area contributed by atoms with Gasteiger partial charge < -0.3 is 14.2 Å². The van der Waals surface area contributed by atoms with Crippen molar-refractivity contribution in [3.8, 4) is 22.3 Å². The highest BCUT2D eigenvalue weighted by Crippen LogP contribution is 2.42. The van der Waals surface area contributed by atoms with Crippen LogP contribution in [0.1, 0.15) is 22.9 Å². The zero-order valence-corrected chi connectivity index (χ0v) is 33.3. The topological polar surface area (TPSA) is 63.0 Å². The van der Waals surface area contributed by atoms with E-state index < -0.39 is 6.17 Å². The largest absolute Gasteiger partial charge is 0.456 e. The lowest BCUT2D eigenvalue weighted by Crippen LogP contribution is -2.33. The molecule has 13 rings (SSSR count). The highest BCUT2D eigenvalue weighted by Gasteiger charge is 2.26. The van der Waals surface area contributed by atoms with Gasteiger partial charge >= 0.3 is 0 Å². The average molecular weight is 794 g/mol. The summed E-state index contributed by atoms with van der Waals surface area (Å²) >= 11 is 0. The third-order valence-corrected chi connectivity index (χ3v) is 12.5. The maximum absolute atomic E-state index is 6.51. The molecule has 5 heteroatoms. The molecule has 0 saturated carbocycles. The highest BCUT2D eigenvalue weighted by atomic mass is 16.3. The van der Waals surface area contributed by atoms with E-state index in [1.807, 2.05) is 30.3 Å². The molecule has 0 bridgehead atoms. The van der Waals surface area contributed by atoms with Crippen LogP contribution in [0.2, 0.25) is 0 Å². The maximum atomic E-state index is 6.51. The molecule has 3 heterocycles. The molecule has 1 atom stereocenters. The van der Waals surface area contributed by atoms with Crippen molar-refractivity contribution in [2.45, 2.75) is 6.17 Å². The Hall–Kier alpha value is -8.28. The van der Waals surface area contributed by atoms with Gasteiger partial charge in [-0.1, -0.05) is 152 Å². The summed E-state index contributed by atoms with van der Waals surface area (Å²) in [6.45, 7) is 0. The lowest BCUT2D eigenvalue weighted by Gasteiger charge is -2.25. The van der Waals surface area contributed by atoms with Gasteiger partial charge in [0.25, 0.3) is 0 Å². The van der Waals surface area contributed by atoms with Gasteiger partial charge in [0.05, 0.1) is 0 Å². The van der Waals surface area contributed by atoms with Crippen LogP contribution in [0.3, 0.4) is 0 Å². The van der Waals surface area contributed by atoms with E-state index in [-0.39, 0.29) is 0 Å². The van der Waals surface area contributed by atoms with E-state index in [0.29, 0.717) is 5.84 Å². The number of amidine groups is 2. The minimum atomic E-state index is -0.446. The number of rotatable bonds is 5. The second-order valence-corrected chi connectivity index (χ2v) is 16.1. The Labute approximate surface area is 355 Å². The molecule has 10 aromatic carbocycles. The number of para-hydroxylation sites is 2. The van der Waals surface area contributed by atoms with E-state index >= 15 is 0 Å². The molecule has 2 aromatic heterocycles. The first kappa shape index (κ1) is 34.6. The summed E-state index contributed by atoms with van der Waals surface area (Å²) in [6.07, 6.45) is -0.446. The first-order chi connectivity index (χ1) is 30.7. The Morgan fingerprint density at radius 1 is 0.371 bits per heavy atom. The lowest BCUT2D eigenvalue weighted by molar-refractivity contribution is 0.662. The lowest BCUT2D eigenvalue weighted by atomic mass is 9.93. The Bertz CT molecular complexity index is 3850. The van der Waals surface area contributed by atoms with Crippen LogP contribution < -0.4 is 5.32 Å². The number of nitrogens with one attached hydrogen (secondary N) is 1. The van der Waals surface area contributed by atoms with Crippen LogP contribution in [-0.2, 0) is 0 Å². The van der Waals surface area contributed by atoms with Gasteiger partial charge in [0.2, 0.25) is 0 Å². The summed E-state index contributed by atoms with van der Waals surface area (Å²) in [6, 6.07) is 70.5. The molecule has 12 aromatic rings. The first-order valence-corrected chi connectivity index (χ1v) is 21.0. The SMILES string of the molecule is c1ccc(-c2cc(-c3ccc4ccc(C5=NC(c6cc7ccccc7c7ccccc67)=NC(c6cccc7oc8ccccc8c67)N5)cc4c3)c3c(c2)oc2ccccc23)cc1. The minimum Gasteiger partial charge on any atom is -0.456 e. The normalized spacial score (nSPS) is 14.3. The molecule has 0 amide bonds. The second-order valence-electron chi connectivity index (χ2n) is 16.1. The summed E-state index contributed by atoms with van der Waals surface area (Å²) in [5.74, 6) is 1.43. The molecule has 1 unspecified atom stereocenters. The zero-order chi connectivity index (χ0) is 40.7. The quantitative estimate of drug-likeness (QED) is 0.177. The van der Waals surface area contributed by atoms with Crippen LogP contribution in [0.25, 0.3) is 98.4 Å². The molecule has 0 aliphatic carbocycles. The zero-order valence-electron chi connectivity index (χ0n) is 33.3. The van der Waals surface area contributed by atoms with Gasteiger partial charge in [0.1, 0.15) is 34.3 Å². The fraction of sp³-hybridized carbons (Fsp3) is 0.0175. The molecule has 0 spiro atoms. The fourth-order valence-corrected chi connectivity index (χ4v) is 9.59. The summed E-state index contributed by atoms with van der Waals surface area (Å²) in [5.41, 5.74) is 10.9. The van der Waals surface area contributed by atoms with E-state index in [2.05, 4.69) is 175 Å². The van der Waals surface area contributed by atoms with Crippen molar-refractivity contribution in [3.63, 3.8) is 0 Å². The molecular formula is C57H35N3O2. The monoisotopic (exact) mass is 793 g/mol. The van der Waals surface area contributed by atoms with Gasteiger partial charge in [-0.25, -0.2) is 9.98 Å². The van der Waals surface area contributed by atoms with Crippen LogP contribution in [-0.4, -0.2) is 11.7 Å². The maximum Gasteiger partial charge on any atom is 0.160 e. The molecule has 5 nitrogen and oxygen atoms in total. The number of nitrogens with zero attached hydrogens (tertiary/aromatic N) is 2. The number of fused-ring (bicyclic) bond motifs is 10. The van der Waals surface area contributed by atoms with Crippen molar-refractivity contribution in [1.29, 1.82) is 0 Å². The van der Waals surface area contributed by atoms with Crippen LogP contribution in [0.5, 0.6) is 0 Å². The van der Waals surface area contributed by atoms with Crippen molar-refractivity contribution in [2.24, 2.45) is 9.98 Å². The second kappa shape index (κ2) is 13.6. The molecule has 0 saturated heterocycles. The van der Waals surface area contributed by atoms with Gasteiger partial charge in [-0.05, 0) is 103 Å². The molecule has 0 fully saturated rings. The van der Waals surface area contributed by atoms with E-state index in [9.17, 15) is 0 Å². The molecule has 290 valence electrons. The van der Waals surface area contributed by atoms with Crippen molar-refractivity contribution < 1.29 is 8.83 Å². The van der Waals surface area contributed by atoms with Crippen molar-refractivity contribution in [3.05, 3.63) is 217 Å². The van der Waals surface area contributed by atoms with Crippen molar-refractivity contribution >= 4 is 87.9 Å². The molecule has 62 heavy (non-hydrogen) atoms. The predicted octanol–water partition coefficient (Wildman–Crippen LogP) is 14.8. The van der Waals surface area contributed by atoms with E-state index in [1.165, 1.54) is 10.8 Å². The fourth-order valence-electron chi connectivity index (χ4n) is 9.59. The smallest absolute Gasteiger partial charge is 0.160 e. The van der Waals surface area contributed by atoms with Crippen molar-refractivity contribution in [2.75, 3.05) is 0 Å². The van der Waals surface area contributed by atoms with E-state index in [0.717, 1.165) is 110 Å². The minimum absolute atomic E-state index is 0.446. The number of hydrogen-bond acceptors (Lipinski definition) is 5. The summed E-state index contributed by atoms with van der Waals surface area (Å²) in [5, 5.41) is 15.0. The molecule has 1 N–H and O–H groups in total. The first-order valence-electron chi connectivity index (χ1n) is 21.0. The number of furan rings is 2. The van der Waals surface area contributed by atoms with Crippen LogP contribution >= 0.6 is 0 Å². The third-order valence-electron chi connectivity index (χ3n) is 12.5. The van der Waals surface area contributed by atoms with Crippen LogP contribution in [0.4, 0.5) is 0 Å². The Kier molecular flexibility index (Phi) is 7.60. The molecule has 1 aliphatic rings. The van der Waals surface area contributed by atoms with Gasteiger partial charge in [-0.3, -0.25) is 0 Å². The van der Waals surface area contributed by atoms with Crippen LogP contribution in [0.15, 0.2) is 219 Å². The van der Waals surface area contributed by atoms with Gasteiger partial charge in [-0.15, -0.1) is 0 Å². The average Bonchev–Trinajstić information content (AvgIpc) is 3.92. The van der Waals surface area contributed by atoms with Gasteiger partial charge in [0, 0.05) is 38.2 Å². The number of hydrogen-bond donors (Lipinski definition) is 1. The summed E-state index contributed by atoms with van der Waals surface area (Å²) < 4.78 is 12.9. The summed E-state index contributed by atoms with van der Waals surface area (Å²) in [4.78, 5) is 10.9. The standard InChI is InChI=1S/C57H35N3O2/c1-2-13-34(14-3-1)40-32-47(54-45-20-9-11-23-50(45)62-52(54)33-40)37-27-25-35-26-28-38(30-39(35)29-37)55-58-56(46-21-12-24-51-53(46)44-19-8-10-22-49(44)61-51)60-57(59-55)48-31-36-15-4-5-16-41(36)42-17-6-7-18-43(42)48/h1-33,56H,(H,58,59,60). The Morgan fingerprint density at radius 3 is 1.84 bits per heavy atom. The van der Waals surface area contributed by atoms with Crippen molar-refractivity contribution in [1.82, 2.24) is 5.32 Å². The van der Waals surface area contributed by atoms with E-state index in [4.69, 9.17) is 18.8 Å². The Morgan fingerprint density at radius 2 is 1.02 bits per heavy atom. The summed E-state index contributed by atoms with van der Waals surface area (Å²) in [7, 11) is 0. The molecular weight excluding hydrogens is 759 g/mol. The molecule has 0 radical (unpaired) electrons. The van der Waals surface area contributed by atoms with E-state index in [1.54, 1.807) is 0 Å². The predicted molar refractivity (Wildman–Crippen MR) is 256 cm³/mol. The van der Waals surface area contributed by atoms with Gasteiger partial charge in [0.15, 0.2) is 5.84 Å². The third kappa shape index (κ3) is 5.49. The molecule has 1 aliphatic heterocycles. The number of benzene rings is 10. The van der Waals surface area contributed by atoms with Crippen LogP contribution in [0, 0.1) is 0 Å². The number of aliphatic imine (C=N–C) groups is 2. The Balaban J connectivity index is 1.00.